The van der Waals surface area contributed by atoms with Gasteiger partial charge in [-0.1, -0.05) is 0 Å². The minimum Gasteiger partial charge on any atom is -0.381 e. The van der Waals surface area contributed by atoms with E-state index in [1.165, 1.54) is 6.07 Å². The highest BCUT2D eigenvalue weighted by atomic mass is 19.1. The lowest BCUT2D eigenvalue weighted by atomic mass is 9.89. The van der Waals surface area contributed by atoms with Crippen LogP contribution >= 0.6 is 0 Å². The number of methoxy groups -OCH3 is 1. The number of fused-ring (bicyclic) bond motifs is 1. The largest absolute Gasteiger partial charge is 0.381 e. The van der Waals surface area contributed by atoms with Crippen molar-refractivity contribution >= 4 is 17.0 Å². The Hall–Kier alpha value is -1.62. The first kappa shape index (κ1) is 11.5. The van der Waals surface area contributed by atoms with E-state index in [4.69, 9.17) is 10.5 Å². The van der Waals surface area contributed by atoms with E-state index in [1.54, 1.807) is 14.0 Å². The van der Waals surface area contributed by atoms with Gasteiger partial charge in [-0.3, -0.25) is 0 Å². The van der Waals surface area contributed by atoms with Crippen molar-refractivity contribution in [2.24, 2.45) is 0 Å². The lowest BCUT2D eigenvalue weighted by Gasteiger charge is -2.35. The fraction of sp³-hybridized carbons (Fsp3) is 0.462. The number of rotatable bonds is 2. The Morgan fingerprint density at radius 3 is 2.83 bits per heavy atom. The molecule has 0 unspecified atom stereocenters. The van der Waals surface area contributed by atoms with E-state index in [9.17, 15) is 4.39 Å². The molecule has 18 heavy (non-hydrogen) atoms. The maximum absolute atomic E-state index is 13.5. The third-order valence-corrected chi connectivity index (χ3v) is 3.77. The monoisotopic (exact) mass is 249 g/mol. The maximum atomic E-state index is 13.5. The summed E-state index contributed by atoms with van der Waals surface area (Å²) in [5.41, 5.74) is 8.09. The molecule has 1 aromatic carbocycles. The Morgan fingerprint density at radius 2 is 2.17 bits per heavy atom. The van der Waals surface area contributed by atoms with Crippen molar-refractivity contribution in [1.29, 1.82) is 0 Å². The van der Waals surface area contributed by atoms with E-state index in [2.05, 4.69) is 4.98 Å². The highest BCUT2D eigenvalue weighted by Gasteiger charge is 2.32. The van der Waals surface area contributed by atoms with Gasteiger partial charge in [0.05, 0.1) is 17.1 Å². The number of halogens is 1. The molecule has 1 fully saturated rings. The smallest absolute Gasteiger partial charge is 0.201 e. The summed E-state index contributed by atoms with van der Waals surface area (Å²) in [5, 5.41) is 0. The molecule has 0 spiro atoms. The molecule has 0 aliphatic heterocycles. The van der Waals surface area contributed by atoms with E-state index in [-0.39, 0.29) is 5.82 Å². The number of aromatic nitrogens is 2. The molecule has 1 heterocycles. The zero-order valence-corrected chi connectivity index (χ0v) is 10.5. The van der Waals surface area contributed by atoms with Gasteiger partial charge in [0.2, 0.25) is 5.95 Å². The molecular weight excluding hydrogens is 233 g/mol. The Bertz CT molecular complexity index is 602. The lowest BCUT2D eigenvalue weighted by Crippen LogP contribution is -2.33. The van der Waals surface area contributed by atoms with Crippen molar-refractivity contribution in [3.8, 4) is 0 Å². The van der Waals surface area contributed by atoms with Crippen LogP contribution in [0.4, 0.5) is 10.3 Å². The number of benzene rings is 1. The second kappa shape index (κ2) is 3.95. The molecule has 1 aliphatic rings. The maximum Gasteiger partial charge on any atom is 0.201 e. The Kier molecular flexibility index (Phi) is 2.52. The minimum atomic E-state index is -0.240. The van der Waals surface area contributed by atoms with Crippen LogP contribution in [0.1, 0.15) is 24.4 Å². The molecule has 0 bridgehead atoms. The summed E-state index contributed by atoms with van der Waals surface area (Å²) in [6, 6.07) is 3.57. The van der Waals surface area contributed by atoms with Crippen LogP contribution in [-0.4, -0.2) is 22.8 Å². The molecule has 1 saturated carbocycles. The summed E-state index contributed by atoms with van der Waals surface area (Å²) in [5.74, 6) is 0.213. The van der Waals surface area contributed by atoms with E-state index in [0.29, 0.717) is 29.2 Å². The third kappa shape index (κ3) is 1.58. The van der Waals surface area contributed by atoms with Crippen LogP contribution in [-0.2, 0) is 4.74 Å². The van der Waals surface area contributed by atoms with Gasteiger partial charge in [-0.15, -0.1) is 0 Å². The molecular formula is C13H16FN3O. The highest BCUT2D eigenvalue weighted by Crippen LogP contribution is 2.38. The zero-order chi connectivity index (χ0) is 12.9. The molecule has 2 aromatic rings. The van der Waals surface area contributed by atoms with Gasteiger partial charge < -0.3 is 15.0 Å². The normalized spacial score (nSPS) is 23.3. The zero-order valence-electron chi connectivity index (χ0n) is 10.5. The quantitative estimate of drug-likeness (QED) is 0.889. The first-order chi connectivity index (χ1) is 8.60. The fourth-order valence-electron chi connectivity index (χ4n) is 2.56. The topological polar surface area (TPSA) is 53.1 Å². The summed E-state index contributed by atoms with van der Waals surface area (Å²) in [6.07, 6.45) is 2.17. The molecule has 0 amide bonds. The predicted octanol–water partition coefficient (Wildman–Crippen LogP) is 2.42. The molecule has 0 saturated heterocycles. The van der Waals surface area contributed by atoms with E-state index in [0.717, 1.165) is 18.4 Å². The van der Waals surface area contributed by atoms with Crippen molar-refractivity contribution in [3.05, 3.63) is 23.5 Å². The number of nitrogens with two attached hydrogens (primary N) is 1. The molecule has 2 N–H and O–H groups in total. The second-order valence-corrected chi connectivity index (χ2v) is 4.91. The molecule has 0 radical (unpaired) electrons. The van der Waals surface area contributed by atoms with Gasteiger partial charge in [0.15, 0.2) is 0 Å². The molecule has 0 atom stereocenters. The van der Waals surface area contributed by atoms with Gasteiger partial charge in [0.1, 0.15) is 5.82 Å². The van der Waals surface area contributed by atoms with Crippen LogP contribution in [0.3, 0.4) is 0 Å². The average Bonchev–Trinajstić information content (AvgIpc) is 2.55. The van der Waals surface area contributed by atoms with Gasteiger partial charge in [0, 0.05) is 19.2 Å². The third-order valence-electron chi connectivity index (χ3n) is 3.77. The number of hydrogen-bond acceptors (Lipinski definition) is 3. The minimum absolute atomic E-state index is 0.240. The SMILES string of the molecule is COC1CC(n2c(N)nc3cc(F)c(C)cc32)C1. The van der Waals surface area contributed by atoms with Crippen molar-refractivity contribution < 1.29 is 9.13 Å². The summed E-state index contributed by atoms with van der Waals surface area (Å²) in [7, 11) is 1.72. The average molecular weight is 249 g/mol. The van der Waals surface area contributed by atoms with Gasteiger partial charge in [-0.05, 0) is 31.4 Å². The van der Waals surface area contributed by atoms with Crippen LogP contribution in [0.15, 0.2) is 12.1 Å². The van der Waals surface area contributed by atoms with E-state index < -0.39 is 0 Å². The lowest BCUT2D eigenvalue weighted by molar-refractivity contribution is 0.00798. The van der Waals surface area contributed by atoms with Crippen molar-refractivity contribution in [3.63, 3.8) is 0 Å². The number of nitrogen functional groups attached to an aromatic ring is 1. The number of nitrogens with zero attached hydrogens (tertiary/aromatic N) is 2. The van der Waals surface area contributed by atoms with E-state index in [1.807, 2.05) is 10.6 Å². The van der Waals surface area contributed by atoms with Gasteiger partial charge in [-0.25, -0.2) is 9.37 Å². The standard InChI is InChI=1S/C13H16FN3O/c1-7-3-12-11(6-10(7)14)16-13(15)17(12)8-4-9(5-8)18-2/h3,6,8-9H,4-5H2,1-2H3,(H2,15,16). The number of imidazole rings is 1. The Balaban J connectivity index is 2.06. The summed E-state index contributed by atoms with van der Waals surface area (Å²) in [6.45, 7) is 1.75. The van der Waals surface area contributed by atoms with Crippen LogP contribution in [0.2, 0.25) is 0 Å². The summed E-state index contributed by atoms with van der Waals surface area (Å²) in [4.78, 5) is 4.23. The number of hydrogen-bond donors (Lipinski definition) is 1. The van der Waals surface area contributed by atoms with Gasteiger partial charge >= 0.3 is 0 Å². The Morgan fingerprint density at radius 1 is 1.44 bits per heavy atom. The first-order valence-electron chi connectivity index (χ1n) is 6.06. The molecule has 5 heteroatoms. The van der Waals surface area contributed by atoms with Crippen LogP contribution < -0.4 is 5.73 Å². The fourth-order valence-corrected chi connectivity index (χ4v) is 2.56. The van der Waals surface area contributed by atoms with E-state index >= 15 is 0 Å². The first-order valence-corrected chi connectivity index (χ1v) is 6.06. The van der Waals surface area contributed by atoms with Crippen molar-refractivity contribution in [2.75, 3.05) is 12.8 Å². The van der Waals surface area contributed by atoms with Crippen molar-refractivity contribution in [2.45, 2.75) is 31.9 Å². The molecule has 1 aromatic heterocycles. The number of ether oxygens (including phenoxy) is 1. The molecule has 3 rings (SSSR count). The molecule has 1 aliphatic carbocycles. The molecule has 96 valence electrons. The summed E-state index contributed by atoms with van der Waals surface area (Å²) < 4.78 is 20.8. The van der Waals surface area contributed by atoms with Gasteiger partial charge in [-0.2, -0.15) is 0 Å². The number of anilines is 1. The summed E-state index contributed by atoms with van der Waals surface area (Å²) >= 11 is 0. The predicted molar refractivity (Wildman–Crippen MR) is 67.9 cm³/mol. The van der Waals surface area contributed by atoms with Crippen LogP contribution in [0, 0.1) is 12.7 Å². The van der Waals surface area contributed by atoms with Crippen LogP contribution in [0.25, 0.3) is 11.0 Å². The second-order valence-electron chi connectivity index (χ2n) is 4.91. The number of aryl methyl sites for hydroxylation is 1. The van der Waals surface area contributed by atoms with Crippen LogP contribution in [0.5, 0.6) is 0 Å². The highest BCUT2D eigenvalue weighted by molar-refractivity contribution is 5.79. The Labute approximate surface area is 105 Å². The van der Waals surface area contributed by atoms with Crippen molar-refractivity contribution in [1.82, 2.24) is 9.55 Å². The molecule has 4 nitrogen and oxygen atoms in total. The van der Waals surface area contributed by atoms with Gasteiger partial charge in [0.25, 0.3) is 0 Å².